The molecule has 1 aromatic carbocycles. The van der Waals surface area contributed by atoms with Crippen LogP contribution in [-0.2, 0) is 14.8 Å². The number of rotatable bonds is 3. The zero-order valence-electron chi connectivity index (χ0n) is 15.7. The van der Waals surface area contributed by atoms with Crippen LogP contribution < -0.4 is 0 Å². The second kappa shape index (κ2) is 7.89. The van der Waals surface area contributed by atoms with Crippen molar-refractivity contribution in [3.63, 3.8) is 0 Å². The zero-order valence-corrected chi connectivity index (χ0v) is 16.5. The summed E-state index contributed by atoms with van der Waals surface area (Å²) in [4.78, 5) is 15.4. The van der Waals surface area contributed by atoms with Crippen LogP contribution in [0.4, 0.5) is 0 Å². The van der Waals surface area contributed by atoms with Crippen LogP contribution in [0.5, 0.6) is 0 Å². The first-order valence-corrected chi connectivity index (χ1v) is 11.5. The molecule has 2 aliphatic heterocycles. The molecule has 2 atom stereocenters. The molecule has 2 heterocycles. The minimum Gasteiger partial charge on any atom is -0.379 e. The van der Waals surface area contributed by atoms with Crippen LogP contribution in [0, 0.1) is 5.92 Å². The van der Waals surface area contributed by atoms with Gasteiger partial charge in [-0.25, -0.2) is 8.42 Å². The van der Waals surface area contributed by atoms with Gasteiger partial charge in [-0.3, -0.25) is 4.79 Å². The molecule has 2 unspecified atom stereocenters. The van der Waals surface area contributed by atoms with Crippen molar-refractivity contribution in [1.82, 2.24) is 9.21 Å². The van der Waals surface area contributed by atoms with Gasteiger partial charge in [-0.15, -0.1) is 0 Å². The second-order valence-corrected chi connectivity index (χ2v) is 9.73. The molecule has 0 aromatic heterocycles. The van der Waals surface area contributed by atoms with Gasteiger partial charge in [-0.05, 0) is 55.9 Å². The summed E-state index contributed by atoms with van der Waals surface area (Å²) >= 11 is 0. The highest BCUT2D eigenvalue weighted by atomic mass is 32.2. The normalized spacial score (nSPS) is 27.2. The molecular weight excluding hydrogens is 364 g/mol. The van der Waals surface area contributed by atoms with Crippen LogP contribution in [0.1, 0.15) is 48.9 Å². The molecule has 1 amide bonds. The maximum absolute atomic E-state index is 13.1. The Morgan fingerprint density at radius 3 is 2.33 bits per heavy atom. The Balaban J connectivity index is 1.50. The van der Waals surface area contributed by atoms with Gasteiger partial charge in [0.1, 0.15) is 0 Å². The molecule has 1 aromatic rings. The lowest BCUT2D eigenvalue weighted by Gasteiger charge is -2.44. The van der Waals surface area contributed by atoms with E-state index in [0.29, 0.717) is 43.8 Å². The van der Waals surface area contributed by atoms with E-state index in [9.17, 15) is 13.2 Å². The van der Waals surface area contributed by atoms with E-state index < -0.39 is 10.0 Å². The van der Waals surface area contributed by atoms with Crippen LogP contribution >= 0.6 is 0 Å². The summed E-state index contributed by atoms with van der Waals surface area (Å²) in [5.74, 6) is 0.680. The molecule has 0 bridgehead atoms. The third-order valence-electron chi connectivity index (χ3n) is 6.21. The van der Waals surface area contributed by atoms with Crippen molar-refractivity contribution in [2.24, 2.45) is 5.92 Å². The van der Waals surface area contributed by atoms with Crippen LogP contribution in [-0.4, -0.2) is 62.4 Å². The number of morpholine rings is 1. The number of sulfonamides is 1. The summed E-state index contributed by atoms with van der Waals surface area (Å²) < 4.78 is 32.2. The van der Waals surface area contributed by atoms with E-state index in [0.717, 1.165) is 19.4 Å². The molecule has 0 spiro atoms. The van der Waals surface area contributed by atoms with Crippen molar-refractivity contribution in [3.05, 3.63) is 29.8 Å². The van der Waals surface area contributed by atoms with Gasteiger partial charge in [-0.2, -0.15) is 4.31 Å². The lowest BCUT2D eigenvalue weighted by molar-refractivity contribution is 0.0390. The predicted molar refractivity (Wildman–Crippen MR) is 102 cm³/mol. The Labute approximate surface area is 161 Å². The number of carbonyl (C=O) groups is 1. The van der Waals surface area contributed by atoms with E-state index in [4.69, 9.17) is 4.74 Å². The third-order valence-corrected chi connectivity index (χ3v) is 8.13. The standard InChI is InChI=1S/C20H28N2O4S/c23-20(22-11-3-5-16-4-1-2-6-19(16)22)17-7-9-18(10-8-17)27(24,25)21-12-14-26-15-13-21/h7-10,16,19H,1-6,11-15H2. The molecule has 27 heavy (non-hydrogen) atoms. The molecular formula is C20H28N2O4S. The molecule has 0 N–H and O–H groups in total. The fourth-order valence-electron chi connectivity index (χ4n) is 4.75. The largest absolute Gasteiger partial charge is 0.379 e. The van der Waals surface area contributed by atoms with Gasteiger partial charge in [0.15, 0.2) is 0 Å². The highest BCUT2D eigenvalue weighted by molar-refractivity contribution is 7.89. The molecule has 4 rings (SSSR count). The van der Waals surface area contributed by atoms with E-state index >= 15 is 0 Å². The maximum atomic E-state index is 13.1. The molecule has 3 fully saturated rings. The summed E-state index contributed by atoms with van der Waals surface area (Å²) in [5, 5.41) is 0. The minimum atomic E-state index is -3.52. The maximum Gasteiger partial charge on any atom is 0.254 e. The van der Waals surface area contributed by atoms with E-state index in [1.54, 1.807) is 24.3 Å². The van der Waals surface area contributed by atoms with Crippen LogP contribution in [0.25, 0.3) is 0 Å². The quantitative estimate of drug-likeness (QED) is 0.793. The number of likely N-dealkylation sites (tertiary alicyclic amines) is 1. The first-order chi connectivity index (χ1) is 13.1. The Morgan fingerprint density at radius 2 is 1.59 bits per heavy atom. The SMILES string of the molecule is O=C(c1ccc(S(=O)(=O)N2CCOCC2)cc1)N1CCCC2CCCCC21. The van der Waals surface area contributed by atoms with E-state index in [1.165, 1.54) is 30.0 Å². The molecule has 7 heteroatoms. The summed E-state index contributed by atoms with van der Waals surface area (Å²) in [7, 11) is -3.52. The van der Waals surface area contributed by atoms with Crippen LogP contribution in [0.3, 0.4) is 0 Å². The third kappa shape index (κ3) is 3.77. The summed E-state index contributed by atoms with van der Waals surface area (Å²) in [5.41, 5.74) is 0.585. The minimum absolute atomic E-state index is 0.0434. The van der Waals surface area contributed by atoms with Crippen molar-refractivity contribution in [2.75, 3.05) is 32.8 Å². The average molecular weight is 393 g/mol. The number of fused-ring (bicyclic) bond motifs is 1. The predicted octanol–water partition coefficient (Wildman–Crippen LogP) is 2.50. The second-order valence-electron chi connectivity index (χ2n) is 7.79. The number of hydrogen-bond donors (Lipinski definition) is 0. The summed E-state index contributed by atoms with van der Waals surface area (Å²) in [6.07, 6.45) is 7.09. The first-order valence-electron chi connectivity index (χ1n) is 10.1. The van der Waals surface area contributed by atoms with Gasteiger partial charge in [0.25, 0.3) is 5.91 Å². The molecule has 6 nitrogen and oxygen atoms in total. The van der Waals surface area contributed by atoms with Crippen molar-refractivity contribution in [3.8, 4) is 0 Å². The zero-order chi connectivity index (χ0) is 18.9. The fourth-order valence-corrected chi connectivity index (χ4v) is 6.16. The average Bonchev–Trinajstić information content (AvgIpc) is 2.73. The van der Waals surface area contributed by atoms with Gasteiger partial charge < -0.3 is 9.64 Å². The van der Waals surface area contributed by atoms with Crippen LogP contribution in [0.2, 0.25) is 0 Å². The highest BCUT2D eigenvalue weighted by Crippen LogP contribution is 2.36. The van der Waals surface area contributed by atoms with E-state index in [-0.39, 0.29) is 10.8 Å². The lowest BCUT2D eigenvalue weighted by atomic mass is 9.78. The van der Waals surface area contributed by atoms with Gasteiger partial charge in [-0.1, -0.05) is 12.8 Å². The molecule has 1 saturated carbocycles. The lowest BCUT2D eigenvalue weighted by Crippen LogP contribution is -2.49. The molecule has 0 radical (unpaired) electrons. The highest BCUT2D eigenvalue weighted by Gasteiger charge is 2.36. The van der Waals surface area contributed by atoms with Gasteiger partial charge in [0.2, 0.25) is 10.0 Å². The van der Waals surface area contributed by atoms with Gasteiger partial charge in [0.05, 0.1) is 18.1 Å². The van der Waals surface area contributed by atoms with Crippen molar-refractivity contribution < 1.29 is 17.9 Å². The van der Waals surface area contributed by atoms with Gasteiger partial charge >= 0.3 is 0 Å². The Morgan fingerprint density at radius 1 is 0.926 bits per heavy atom. The number of hydrogen-bond acceptors (Lipinski definition) is 4. The van der Waals surface area contributed by atoms with Crippen LogP contribution in [0.15, 0.2) is 29.2 Å². The number of nitrogens with zero attached hydrogens (tertiary/aromatic N) is 2. The van der Waals surface area contributed by atoms with E-state index in [1.807, 2.05) is 4.90 Å². The fraction of sp³-hybridized carbons (Fsp3) is 0.650. The topological polar surface area (TPSA) is 66.9 Å². The van der Waals surface area contributed by atoms with Crippen molar-refractivity contribution >= 4 is 15.9 Å². The molecule has 2 saturated heterocycles. The molecule has 3 aliphatic rings. The Bertz CT molecular complexity index is 770. The Hall–Kier alpha value is -1.44. The number of carbonyl (C=O) groups excluding carboxylic acids is 1. The number of piperidine rings is 1. The Kier molecular flexibility index (Phi) is 5.53. The molecule has 148 valence electrons. The number of ether oxygens (including phenoxy) is 1. The smallest absolute Gasteiger partial charge is 0.254 e. The summed E-state index contributed by atoms with van der Waals surface area (Å²) in [6, 6.07) is 6.84. The van der Waals surface area contributed by atoms with E-state index in [2.05, 4.69) is 0 Å². The monoisotopic (exact) mass is 392 g/mol. The number of amides is 1. The first kappa shape index (κ1) is 18.9. The molecule has 1 aliphatic carbocycles. The van der Waals surface area contributed by atoms with Crippen molar-refractivity contribution in [2.45, 2.75) is 49.5 Å². The summed E-state index contributed by atoms with van der Waals surface area (Å²) in [6.45, 7) is 2.41. The van der Waals surface area contributed by atoms with Crippen molar-refractivity contribution in [1.29, 1.82) is 0 Å². The number of benzene rings is 1. The van der Waals surface area contributed by atoms with Gasteiger partial charge in [0, 0.05) is 31.2 Å².